The molecule has 130 valence electrons. The third-order valence-corrected chi connectivity index (χ3v) is 3.91. The molecule has 7 nitrogen and oxygen atoms in total. The largest absolute Gasteiger partial charge is 0.480 e. The molecule has 2 atom stereocenters. The molecule has 1 saturated heterocycles. The van der Waals surface area contributed by atoms with Gasteiger partial charge in [0.2, 0.25) is 0 Å². The van der Waals surface area contributed by atoms with Crippen LogP contribution in [0.25, 0.3) is 0 Å². The lowest BCUT2D eigenvalue weighted by Crippen LogP contribution is -2.55. The van der Waals surface area contributed by atoms with E-state index in [0.717, 1.165) is 10.5 Å². The number of hydrogen-bond donors (Lipinski definition) is 1. The predicted molar refractivity (Wildman–Crippen MR) is 84.1 cm³/mol. The second-order valence-electron chi connectivity index (χ2n) is 5.52. The van der Waals surface area contributed by atoms with Gasteiger partial charge in [-0.1, -0.05) is 30.3 Å². The van der Waals surface area contributed by atoms with Crippen molar-refractivity contribution >= 4 is 18.0 Å². The number of nitrogens with zero attached hydrogens (tertiary/aromatic N) is 1. The first kappa shape index (κ1) is 17.8. The number of ether oxygens (including phenoxy) is 2. The molecule has 1 aliphatic heterocycles. The summed E-state index contributed by atoms with van der Waals surface area (Å²) in [5, 5.41) is 9.47. The van der Waals surface area contributed by atoms with Crippen LogP contribution in [0.3, 0.4) is 0 Å². The molecule has 2 rings (SSSR count). The molecule has 0 aliphatic carbocycles. The molecule has 24 heavy (non-hydrogen) atoms. The molecule has 0 bridgehead atoms. The minimum Gasteiger partial charge on any atom is -0.480 e. The summed E-state index contributed by atoms with van der Waals surface area (Å²) in [7, 11) is 0. The van der Waals surface area contributed by atoms with Crippen LogP contribution in [0, 0.1) is 5.92 Å². The first-order chi connectivity index (χ1) is 11.5. The minimum absolute atomic E-state index is 0.0482. The number of hydrogen-bond acceptors (Lipinski definition) is 5. The molecule has 0 spiro atoms. The van der Waals surface area contributed by atoms with Crippen LogP contribution in [-0.4, -0.2) is 47.2 Å². The number of benzene rings is 1. The maximum Gasteiger partial charge on any atom is 0.410 e. The van der Waals surface area contributed by atoms with Gasteiger partial charge in [0, 0.05) is 6.54 Å². The monoisotopic (exact) mass is 335 g/mol. The number of aliphatic carboxylic acids is 1. The van der Waals surface area contributed by atoms with E-state index in [1.165, 1.54) is 0 Å². The van der Waals surface area contributed by atoms with E-state index < -0.39 is 30.0 Å². The summed E-state index contributed by atoms with van der Waals surface area (Å²) in [6.07, 6.45) is 0.159. The second kappa shape index (κ2) is 8.33. The fourth-order valence-electron chi connectivity index (χ4n) is 2.80. The van der Waals surface area contributed by atoms with Gasteiger partial charge in [-0.05, 0) is 25.3 Å². The minimum atomic E-state index is -1.26. The molecule has 7 heteroatoms. The van der Waals surface area contributed by atoms with Gasteiger partial charge < -0.3 is 14.6 Å². The number of carbonyl (C=O) groups is 3. The van der Waals surface area contributed by atoms with E-state index in [1.807, 2.05) is 18.2 Å². The molecule has 0 unspecified atom stereocenters. The van der Waals surface area contributed by atoms with Crippen LogP contribution >= 0.6 is 0 Å². The van der Waals surface area contributed by atoms with Crippen LogP contribution < -0.4 is 0 Å². The van der Waals surface area contributed by atoms with Crippen molar-refractivity contribution in [3.63, 3.8) is 0 Å². The average molecular weight is 335 g/mol. The number of piperidine rings is 1. The van der Waals surface area contributed by atoms with Crippen molar-refractivity contribution in [2.75, 3.05) is 13.2 Å². The van der Waals surface area contributed by atoms with E-state index in [0.29, 0.717) is 12.8 Å². The molecule has 1 aliphatic rings. The zero-order chi connectivity index (χ0) is 17.5. The van der Waals surface area contributed by atoms with E-state index in [9.17, 15) is 19.5 Å². The Hall–Kier alpha value is -2.57. The fourth-order valence-corrected chi connectivity index (χ4v) is 2.80. The third kappa shape index (κ3) is 4.24. The van der Waals surface area contributed by atoms with Gasteiger partial charge in [0.1, 0.15) is 12.6 Å². The molecule has 0 saturated carbocycles. The van der Waals surface area contributed by atoms with Crippen molar-refractivity contribution in [1.82, 2.24) is 4.90 Å². The van der Waals surface area contributed by atoms with Gasteiger partial charge >= 0.3 is 18.0 Å². The molecular formula is C17H21NO6. The Morgan fingerprint density at radius 3 is 2.54 bits per heavy atom. The van der Waals surface area contributed by atoms with Gasteiger partial charge in [-0.2, -0.15) is 0 Å². The molecule has 1 heterocycles. The Morgan fingerprint density at radius 1 is 1.21 bits per heavy atom. The summed E-state index contributed by atoms with van der Waals surface area (Å²) in [5.41, 5.74) is 0.802. The fraction of sp³-hybridized carbons (Fsp3) is 0.471. The van der Waals surface area contributed by atoms with Crippen molar-refractivity contribution in [3.8, 4) is 0 Å². The van der Waals surface area contributed by atoms with Crippen molar-refractivity contribution in [1.29, 1.82) is 0 Å². The summed E-state index contributed by atoms with van der Waals surface area (Å²) >= 11 is 0. The van der Waals surface area contributed by atoms with Crippen LogP contribution in [0.5, 0.6) is 0 Å². The summed E-state index contributed by atoms with van der Waals surface area (Å²) < 4.78 is 10.1. The first-order valence-electron chi connectivity index (χ1n) is 7.91. The summed E-state index contributed by atoms with van der Waals surface area (Å²) in [6, 6.07) is 7.84. The average Bonchev–Trinajstić information content (AvgIpc) is 2.60. The zero-order valence-corrected chi connectivity index (χ0v) is 13.5. The number of esters is 1. The van der Waals surface area contributed by atoms with Gasteiger partial charge in [0.15, 0.2) is 0 Å². The Labute approximate surface area is 140 Å². The molecule has 1 amide bonds. The zero-order valence-electron chi connectivity index (χ0n) is 13.5. The third-order valence-electron chi connectivity index (χ3n) is 3.91. The Balaban J connectivity index is 2.06. The lowest BCUT2D eigenvalue weighted by molar-refractivity contribution is -0.160. The lowest BCUT2D eigenvalue weighted by atomic mass is 9.89. The Kier molecular flexibility index (Phi) is 6.17. The molecular weight excluding hydrogens is 314 g/mol. The number of carbonyl (C=O) groups excluding carboxylic acids is 2. The normalized spacial score (nSPS) is 20.3. The summed E-state index contributed by atoms with van der Waals surface area (Å²) in [4.78, 5) is 37.0. The number of carboxylic acid groups (broad SMARTS) is 1. The quantitative estimate of drug-likeness (QED) is 0.828. The van der Waals surface area contributed by atoms with E-state index in [2.05, 4.69) is 0 Å². The van der Waals surface area contributed by atoms with Crippen molar-refractivity contribution < 1.29 is 29.0 Å². The number of rotatable bonds is 5. The number of likely N-dealkylation sites (tertiary alicyclic amines) is 1. The van der Waals surface area contributed by atoms with Gasteiger partial charge in [-0.15, -0.1) is 0 Å². The highest BCUT2D eigenvalue weighted by atomic mass is 16.6. The second-order valence-corrected chi connectivity index (χ2v) is 5.52. The predicted octanol–water partition coefficient (Wildman–Crippen LogP) is 2.05. The Bertz CT molecular complexity index is 588. The topological polar surface area (TPSA) is 93.1 Å². The molecule has 1 N–H and O–H groups in total. The molecule has 1 aromatic rings. The maximum absolute atomic E-state index is 12.3. The molecule has 1 fully saturated rings. The highest BCUT2D eigenvalue weighted by Gasteiger charge is 2.44. The molecule has 1 aromatic carbocycles. The molecule has 0 aromatic heterocycles. The van der Waals surface area contributed by atoms with Crippen molar-refractivity contribution in [2.45, 2.75) is 32.4 Å². The van der Waals surface area contributed by atoms with Crippen LogP contribution in [0.4, 0.5) is 4.79 Å². The Morgan fingerprint density at radius 2 is 1.92 bits per heavy atom. The standard InChI is InChI=1S/C17H21NO6/c1-2-23-16(21)13-9-6-10-18(14(13)15(19)20)17(22)24-11-12-7-4-3-5-8-12/h3-5,7-8,13-14H,2,6,9-11H2,1H3,(H,19,20)/t13-,14+/m0/s1. The SMILES string of the molecule is CCOC(=O)[C@H]1CCCN(C(=O)OCc2ccccc2)[C@H]1C(=O)O. The van der Waals surface area contributed by atoms with E-state index >= 15 is 0 Å². The number of amides is 1. The van der Waals surface area contributed by atoms with Gasteiger partial charge in [0.05, 0.1) is 12.5 Å². The van der Waals surface area contributed by atoms with E-state index in [-0.39, 0.29) is 19.8 Å². The molecule has 0 radical (unpaired) electrons. The lowest BCUT2D eigenvalue weighted by Gasteiger charge is -2.36. The number of carboxylic acids is 1. The maximum atomic E-state index is 12.3. The van der Waals surface area contributed by atoms with E-state index in [1.54, 1.807) is 19.1 Å². The summed E-state index contributed by atoms with van der Waals surface area (Å²) in [5.74, 6) is -2.70. The highest BCUT2D eigenvalue weighted by Crippen LogP contribution is 2.26. The van der Waals surface area contributed by atoms with E-state index in [4.69, 9.17) is 9.47 Å². The van der Waals surface area contributed by atoms with Gasteiger partial charge in [-0.25, -0.2) is 9.59 Å². The first-order valence-corrected chi connectivity index (χ1v) is 7.91. The van der Waals surface area contributed by atoms with Crippen molar-refractivity contribution in [2.24, 2.45) is 5.92 Å². The van der Waals surface area contributed by atoms with Gasteiger partial charge in [-0.3, -0.25) is 9.69 Å². The smallest absolute Gasteiger partial charge is 0.410 e. The van der Waals surface area contributed by atoms with Crippen LogP contribution in [0.15, 0.2) is 30.3 Å². The van der Waals surface area contributed by atoms with Crippen LogP contribution in [0.2, 0.25) is 0 Å². The van der Waals surface area contributed by atoms with Crippen LogP contribution in [-0.2, 0) is 25.7 Å². The summed E-state index contributed by atoms with van der Waals surface area (Å²) in [6.45, 7) is 2.11. The highest BCUT2D eigenvalue weighted by molar-refractivity contribution is 5.87. The van der Waals surface area contributed by atoms with Crippen LogP contribution in [0.1, 0.15) is 25.3 Å². The van der Waals surface area contributed by atoms with Crippen molar-refractivity contribution in [3.05, 3.63) is 35.9 Å². The van der Waals surface area contributed by atoms with Gasteiger partial charge in [0.25, 0.3) is 0 Å².